The predicted octanol–water partition coefficient (Wildman–Crippen LogP) is 4.23. The van der Waals surface area contributed by atoms with E-state index in [-0.39, 0.29) is 6.04 Å². The molecule has 1 unspecified atom stereocenters. The Morgan fingerprint density at radius 3 is 2.38 bits per heavy atom. The highest BCUT2D eigenvalue weighted by atomic mass is 32.2. The van der Waals surface area contributed by atoms with E-state index in [2.05, 4.69) is 52.0 Å². The molecule has 1 nitrogen and oxygen atoms in total. The van der Waals surface area contributed by atoms with Crippen LogP contribution in [0.4, 0.5) is 0 Å². The minimum absolute atomic E-state index is 0.170. The molecule has 0 aliphatic rings. The van der Waals surface area contributed by atoms with Gasteiger partial charge in [0.15, 0.2) is 0 Å². The van der Waals surface area contributed by atoms with Crippen molar-refractivity contribution in [2.45, 2.75) is 50.3 Å². The van der Waals surface area contributed by atoms with Gasteiger partial charge in [-0.3, -0.25) is 0 Å². The fourth-order valence-corrected chi connectivity index (χ4v) is 2.64. The Morgan fingerprint density at radius 2 is 1.81 bits per heavy atom. The topological polar surface area (TPSA) is 26.0 Å². The third-order valence-electron chi connectivity index (χ3n) is 3.01. The fourth-order valence-electron chi connectivity index (χ4n) is 1.45. The van der Waals surface area contributed by atoms with Gasteiger partial charge in [0.2, 0.25) is 0 Å². The van der Waals surface area contributed by atoms with E-state index in [9.17, 15) is 0 Å². The minimum atomic E-state index is 0.170. The van der Waals surface area contributed by atoms with Crippen molar-refractivity contribution in [3.05, 3.63) is 29.8 Å². The van der Waals surface area contributed by atoms with Gasteiger partial charge < -0.3 is 5.73 Å². The highest BCUT2D eigenvalue weighted by molar-refractivity contribution is 8.00. The molecule has 1 rings (SSSR count). The molecule has 0 aliphatic heterocycles. The van der Waals surface area contributed by atoms with Gasteiger partial charge in [0.1, 0.15) is 0 Å². The second-order valence-electron chi connectivity index (χ2n) is 4.62. The molecule has 0 saturated carbocycles. The largest absolute Gasteiger partial charge is 0.324 e. The summed E-state index contributed by atoms with van der Waals surface area (Å²) in [6.45, 7) is 8.95. The molecular weight excluding hydrogens is 214 g/mol. The van der Waals surface area contributed by atoms with Gasteiger partial charge in [0.05, 0.1) is 0 Å². The van der Waals surface area contributed by atoms with Crippen molar-refractivity contribution >= 4 is 11.8 Å². The second-order valence-corrected chi connectivity index (χ2v) is 6.04. The summed E-state index contributed by atoms with van der Waals surface area (Å²) in [4.78, 5) is 1.35. The van der Waals surface area contributed by atoms with Crippen LogP contribution in [0, 0.1) is 5.92 Å². The first-order valence-electron chi connectivity index (χ1n) is 6.07. The van der Waals surface area contributed by atoms with Crippen molar-refractivity contribution in [3.63, 3.8) is 0 Å². The summed E-state index contributed by atoms with van der Waals surface area (Å²) >= 11 is 1.94. The zero-order chi connectivity index (χ0) is 12.1. The number of benzene rings is 1. The first kappa shape index (κ1) is 13.6. The zero-order valence-electron chi connectivity index (χ0n) is 10.7. The van der Waals surface area contributed by atoms with E-state index >= 15 is 0 Å². The van der Waals surface area contributed by atoms with E-state index in [0.717, 1.165) is 6.42 Å². The van der Waals surface area contributed by atoms with Crippen LogP contribution < -0.4 is 5.73 Å². The van der Waals surface area contributed by atoms with Gasteiger partial charge in [-0.25, -0.2) is 0 Å². The molecule has 0 radical (unpaired) electrons. The molecule has 90 valence electrons. The van der Waals surface area contributed by atoms with Crippen LogP contribution in [0.3, 0.4) is 0 Å². The maximum absolute atomic E-state index is 6.13. The molecule has 2 heteroatoms. The van der Waals surface area contributed by atoms with Gasteiger partial charge in [-0.1, -0.05) is 45.9 Å². The van der Waals surface area contributed by atoms with Crippen LogP contribution in [0.25, 0.3) is 0 Å². The molecule has 0 bridgehead atoms. The molecule has 0 spiro atoms. The minimum Gasteiger partial charge on any atom is -0.324 e. The molecule has 0 heterocycles. The molecule has 2 atom stereocenters. The smallest absolute Gasteiger partial charge is 0.0303 e. The average molecular weight is 237 g/mol. The first-order valence-corrected chi connectivity index (χ1v) is 6.95. The van der Waals surface area contributed by atoms with E-state index in [4.69, 9.17) is 5.73 Å². The first-order chi connectivity index (χ1) is 7.56. The molecule has 0 aromatic heterocycles. The quantitative estimate of drug-likeness (QED) is 0.775. The Balaban J connectivity index is 2.86. The lowest BCUT2D eigenvalue weighted by Crippen LogP contribution is -2.11. The molecule has 0 fully saturated rings. The van der Waals surface area contributed by atoms with Crippen molar-refractivity contribution in [1.29, 1.82) is 0 Å². The van der Waals surface area contributed by atoms with Crippen LogP contribution in [0.15, 0.2) is 29.2 Å². The number of rotatable bonds is 5. The molecule has 2 N–H and O–H groups in total. The number of nitrogens with two attached hydrogens (primary N) is 1. The molecule has 0 aliphatic carbocycles. The molecule has 0 amide bonds. The lowest BCUT2D eigenvalue weighted by atomic mass is 10.1. The second kappa shape index (κ2) is 6.31. The average Bonchev–Trinajstić information content (AvgIpc) is 2.28. The van der Waals surface area contributed by atoms with Crippen LogP contribution in [-0.2, 0) is 0 Å². The Kier molecular flexibility index (Phi) is 5.36. The van der Waals surface area contributed by atoms with Crippen molar-refractivity contribution in [3.8, 4) is 0 Å². The highest BCUT2D eigenvalue weighted by Crippen LogP contribution is 2.33. The third-order valence-corrected chi connectivity index (χ3v) is 4.55. The van der Waals surface area contributed by atoms with Crippen LogP contribution >= 0.6 is 11.8 Å². The molecule has 0 saturated heterocycles. The van der Waals surface area contributed by atoms with Crippen LogP contribution in [0.5, 0.6) is 0 Å². The summed E-state index contributed by atoms with van der Waals surface area (Å²) in [5.41, 5.74) is 7.43. The van der Waals surface area contributed by atoms with E-state index in [1.54, 1.807) is 0 Å². The SMILES string of the molecule is CC[C@H](N)c1ccccc1SC(C)C(C)C. The van der Waals surface area contributed by atoms with Gasteiger partial charge in [-0.05, 0) is 24.0 Å². The normalized spacial score (nSPS) is 15.1. The van der Waals surface area contributed by atoms with E-state index in [1.165, 1.54) is 10.5 Å². The Labute approximate surface area is 104 Å². The van der Waals surface area contributed by atoms with Gasteiger partial charge >= 0.3 is 0 Å². The van der Waals surface area contributed by atoms with Crippen LogP contribution in [0.1, 0.15) is 45.7 Å². The molecule has 1 aromatic carbocycles. The maximum atomic E-state index is 6.13. The monoisotopic (exact) mass is 237 g/mol. The Morgan fingerprint density at radius 1 is 1.19 bits per heavy atom. The van der Waals surface area contributed by atoms with E-state index in [0.29, 0.717) is 11.2 Å². The number of thioether (sulfide) groups is 1. The third kappa shape index (κ3) is 3.53. The van der Waals surface area contributed by atoms with E-state index in [1.807, 2.05) is 11.8 Å². The summed E-state index contributed by atoms with van der Waals surface area (Å²) < 4.78 is 0. The molecule has 16 heavy (non-hydrogen) atoms. The lowest BCUT2D eigenvalue weighted by Gasteiger charge is -2.19. The van der Waals surface area contributed by atoms with Crippen molar-refractivity contribution in [1.82, 2.24) is 0 Å². The van der Waals surface area contributed by atoms with Crippen molar-refractivity contribution in [2.75, 3.05) is 0 Å². The standard InChI is InChI=1S/C14H23NS/c1-5-13(15)12-8-6-7-9-14(12)16-11(4)10(2)3/h6-11,13H,5,15H2,1-4H3/t11?,13-/m0/s1. The molecular formula is C14H23NS. The van der Waals surface area contributed by atoms with Crippen LogP contribution in [0.2, 0.25) is 0 Å². The lowest BCUT2D eigenvalue weighted by molar-refractivity contribution is 0.640. The Hall–Kier alpha value is -0.470. The fraction of sp³-hybridized carbons (Fsp3) is 0.571. The number of hydrogen-bond acceptors (Lipinski definition) is 2. The summed E-state index contributed by atoms with van der Waals surface area (Å²) in [7, 11) is 0. The zero-order valence-corrected chi connectivity index (χ0v) is 11.6. The number of hydrogen-bond donors (Lipinski definition) is 1. The maximum Gasteiger partial charge on any atom is 0.0303 e. The summed E-state index contributed by atoms with van der Waals surface area (Å²) in [6, 6.07) is 8.69. The van der Waals surface area contributed by atoms with Crippen molar-refractivity contribution in [2.24, 2.45) is 11.7 Å². The van der Waals surface area contributed by atoms with Crippen LogP contribution in [-0.4, -0.2) is 5.25 Å². The van der Waals surface area contributed by atoms with E-state index < -0.39 is 0 Å². The Bertz CT molecular complexity index is 322. The van der Waals surface area contributed by atoms with Crippen molar-refractivity contribution < 1.29 is 0 Å². The van der Waals surface area contributed by atoms with Gasteiger partial charge in [0, 0.05) is 16.2 Å². The van der Waals surface area contributed by atoms with Gasteiger partial charge in [0.25, 0.3) is 0 Å². The summed E-state index contributed by atoms with van der Waals surface area (Å²) in [6.07, 6.45) is 0.994. The van der Waals surface area contributed by atoms with Gasteiger partial charge in [-0.2, -0.15) is 0 Å². The predicted molar refractivity (Wildman–Crippen MR) is 73.8 cm³/mol. The highest BCUT2D eigenvalue weighted by Gasteiger charge is 2.14. The van der Waals surface area contributed by atoms with Gasteiger partial charge in [-0.15, -0.1) is 11.8 Å². The molecule has 1 aromatic rings. The summed E-state index contributed by atoms with van der Waals surface area (Å²) in [5, 5.41) is 0.630. The summed E-state index contributed by atoms with van der Waals surface area (Å²) in [5.74, 6) is 0.691.